The highest BCUT2D eigenvalue weighted by molar-refractivity contribution is 5.73. The maximum atomic E-state index is 9.98. The summed E-state index contributed by atoms with van der Waals surface area (Å²) in [5.41, 5.74) is 3.84. The van der Waals surface area contributed by atoms with Gasteiger partial charge in [0.2, 0.25) is 0 Å². The van der Waals surface area contributed by atoms with E-state index >= 15 is 0 Å². The smallest absolute Gasteiger partial charge is 0.123 e. The quantitative estimate of drug-likeness (QED) is 0.752. The van der Waals surface area contributed by atoms with E-state index in [4.69, 9.17) is 0 Å². The maximum Gasteiger partial charge on any atom is 0.123 e. The van der Waals surface area contributed by atoms with Gasteiger partial charge in [0.1, 0.15) is 5.75 Å². The van der Waals surface area contributed by atoms with E-state index in [1.54, 1.807) is 12.3 Å². The van der Waals surface area contributed by atoms with Gasteiger partial charge >= 0.3 is 0 Å². The minimum absolute atomic E-state index is 0.287. The molecule has 0 amide bonds. The lowest BCUT2D eigenvalue weighted by molar-refractivity contribution is 0.477. The predicted octanol–water partition coefficient (Wildman–Crippen LogP) is 2.77. The lowest BCUT2D eigenvalue weighted by Gasteiger charge is -2.09. The van der Waals surface area contributed by atoms with Crippen molar-refractivity contribution in [2.75, 3.05) is 0 Å². The SMILES string of the molecule is Oc1ccccc1-c1ccccc1Cc1cn[nH]n1. The molecule has 0 bridgehead atoms. The van der Waals surface area contributed by atoms with Crippen LogP contribution in [-0.4, -0.2) is 20.5 Å². The predicted molar refractivity (Wildman–Crippen MR) is 72.7 cm³/mol. The zero-order valence-electron chi connectivity index (χ0n) is 10.2. The largest absolute Gasteiger partial charge is 0.507 e. The van der Waals surface area contributed by atoms with Crippen LogP contribution in [0.2, 0.25) is 0 Å². The average Bonchev–Trinajstić information content (AvgIpc) is 2.93. The highest BCUT2D eigenvalue weighted by Gasteiger charge is 2.09. The molecule has 4 heteroatoms. The number of rotatable bonds is 3. The molecule has 0 aliphatic heterocycles. The van der Waals surface area contributed by atoms with Crippen molar-refractivity contribution in [2.24, 2.45) is 0 Å². The van der Waals surface area contributed by atoms with Crippen molar-refractivity contribution in [1.82, 2.24) is 15.4 Å². The fourth-order valence-corrected chi connectivity index (χ4v) is 2.14. The molecule has 1 heterocycles. The van der Waals surface area contributed by atoms with E-state index < -0.39 is 0 Å². The second-order valence-corrected chi connectivity index (χ2v) is 4.31. The molecule has 3 rings (SSSR count). The van der Waals surface area contributed by atoms with Crippen LogP contribution in [0, 0.1) is 0 Å². The van der Waals surface area contributed by atoms with Crippen molar-refractivity contribution in [2.45, 2.75) is 6.42 Å². The van der Waals surface area contributed by atoms with E-state index in [0.29, 0.717) is 6.42 Å². The molecule has 0 radical (unpaired) electrons. The number of phenols is 1. The van der Waals surface area contributed by atoms with Crippen LogP contribution in [0.15, 0.2) is 54.7 Å². The lowest BCUT2D eigenvalue weighted by Crippen LogP contribution is -1.93. The van der Waals surface area contributed by atoms with E-state index in [9.17, 15) is 5.11 Å². The van der Waals surface area contributed by atoms with E-state index in [-0.39, 0.29) is 5.75 Å². The summed E-state index contributed by atoms with van der Waals surface area (Å²) in [4.78, 5) is 0. The van der Waals surface area contributed by atoms with Crippen molar-refractivity contribution in [3.8, 4) is 16.9 Å². The molecule has 0 saturated carbocycles. The lowest BCUT2D eigenvalue weighted by atomic mass is 9.96. The van der Waals surface area contributed by atoms with E-state index in [1.165, 1.54) is 0 Å². The fraction of sp³-hybridized carbons (Fsp3) is 0.0667. The molecule has 0 spiro atoms. The number of hydrogen-bond acceptors (Lipinski definition) is 3. The van der Waals surface area contributed by atoms with Gasteiger partial charge in [-0.15, -0.1) is 0 Å². The first-order chi connectivity index (χ1) is 9.34. The molecule has 3 aromatic rings. The molecular formula is C15H13N3O. The Morgan fingerprint density at radius 3 is 2.42 bits per heavy atom. The van der Waals surface area contributed by atoms with Crippen LogP contribution in [0.3, 0.4) is 0 Å². The zero-order chi connectivity index (χ0) is 13.1. The molecule has 94 valence electrons. The minimum atomic E-state index is 0.287. The zero-order valence-corrected chi connectivity index (χ0v) is 10.2. The molecule has 1 aromatic heterocycles. The number of aromatic hydroxyl groups is 1. The van der Waals surface area contributed by atoms with Crippen LogP contribution in [-0.2, 0) is 6.42 Å². The van der Waals surface area contributed by atoms with Crippen LogP contribution in [0.1, 0.15) is 11.3 Å². The second-order valence-electron chi connectivity index (χ2n) is 4.31. The van der Waals surface area contributed by atoms with Crippen molar-refractivity contribution in [1.29, 1.82) is 0 Å². The molecular weight excluding hydrogens is 238 g/mol. The number of aromatic nitrogens is 3. The van der Waals surface area contributed by atoms with Gasteiger partial charge in [0, 0.05) is 12.0 Å². The summed E-state index contributed by atoms with van der Waals surface area (Å²) in [6.45, 7) is 0. The molecule has 0 aliphatic rings. The summed E-state index contributed by atoms with van der Waals surface area (Å²) in [6.07, 6.45) is 2.39. The molecule has 19 heavy (non-hydrogen) atoms. The molecule has 0 atom stereocenters. The minimum Gasteiger partial charge on any atom is -0.507 e. The first kappa shape index (κ1) is 11.5. The fourth-order valence-electron chi connectivity index (χ4n) is 2.14. The molecule has 0 saturated heterocycles. The number of aromatic amines is 1. The van der Waals surface area contributed by atoms with Crippen LogP contribution < -0.4 is 0 Å². The summed E-state index contributed by atoms with van der Waals surface area (Å²) in [6, 6.07) is 15.3. The Kier molecular flexibility index (Phi) is 2.98. The van der Waals surface area contributed by atoms with Gasteiger partial charge in [-0.05, 0) is 17.2 Å². The van der Waals surface area contributed by atoms with E-state index in [0.717, 1.165) is 22.4 Å². The second kappa shape index (κ2) is 4.94. The molecule has 0 aliphatic carbocycles. The normalized spacial score (nSPS) is 10.5. The molecule has 2 aromatic carbocycles. The number of nitrogens with zero attached hydrogens (tertiary/aromatic N) is 2. The van der Waals surface area contributed by atoms with Crippen molar-refractivity contribution in [3.63, 3.8) is 0 Å². The highest BCUT2D eigenvalue weighted by Crippen LogP contribution is 2.31. The topological polar surface area (TPSA) is 61.8 Å². The third-order valence-corrected chi connectivity index (χ3v) is 3.05. The van der Waals surface area contributed by atoms with Crippen molar-refractivity contribution >= 4 is 0 Å². The number of H-pyrrole nitrogens is 1. The van der Waals surface area contributed by atoms with Gasteiger partial charge in [-0.3, -0.25) is 0 Å². The Hall–Kier alpha value is -2.62. The molecule has 2 N–H and O–H groups in total. The number of benzene rings is 2. The van der Waals surface area contributed by atoms with Gasteiger partial charge < -0.3 is 5.11 Å². The number of hydrogen-bond donors (Lipinski definition) is 2. The maximum absolute atomic E-state index is 9.98. The molecule has 0 fully saturated rings. The first-order valence-corrected chi connectivity index (χ1v) is 6.05. The highest BCUT2D eigenvalue weighted by atomic mass is 16.3. The Bertz CT molecular complexity index is 677. The Labute approximate surface area is 110 Å². The monoisotopic (exact) mass is 251 g/mol. The van der Waals surface area contributed by atoms with Crippen LogP contribution in [0.4, 0.5) is 0 Å². The van der Waals surface area contributed by atoms with Gasteiger partial charge in [-0.2, -0.15) is 15.4 Å². The Balaban J connectivity index is 2.05. The summed E-state index contributed by atoms with van der Waals surface area (Å²) in [7, 11) is 0. The van der Waals surface area contributed by atoms with Gasteiger partial charge in [-0.25, -0.2) is 0 Å². The summed E-state index contributed by atoms with van der Waals surface area (Å²) < 4.78 is 0. The average molecular weight is 251 g/mol. The summed E-state index contributed by atoms with van der Waals surface area (Å²) in [5.74, 6) is 0.287. The number of para-hydroxylation sites is 1. The Morgan fingerprint density at radius 1 is 0.947 bits per heavy atom. The third-order valence-electron chi connectivity index (χ3n) is 3.05. The summed E-state index contributed by atoms with van der Waals surface area (Å²) in [5, 5.41) is 20.5. The van der Waals surface area contributed by atoms with Crippen LogP contribution in [0.25, 0.3) is 11.1 Å². The van der Waals surface area contributed by atoms with Crippen molar-refractivity contribution < 1.29 is 5.11 Å². The summed E-state index contributed by atoms with van der Waals surface area (Å²) >= 11 is 0. The van der Waals surface area contributed by atoms with Crippen LogP contribution in [0.5, 0.6) is 5.75 Å². The van der Waals surface area contributed by atoms with Gasteiger partial charge in [-0.1, -0.05) is 42.5 Å². The molecule has 0 unspecified atom stereocenters. The van der Waals surface area contributed by atoms with Crippen molar-refractivity contribution in [3.05, 3.63) is 66.0 Å². The van der Waals surface area contributed by atoms with E-state index in [2.05, 4.69) is 15.4 Å². The number of nitrogens with one attached hydrogen (secondary N) is 1. The van der Waals surface area contributed by atoms with Gasteiger partial charge in [0.15, 0.2) is 0 Å². The first-order valence-electron chi connectivity index (χ1n) is 6.05. The standard InChI is InChI=1S/C15H13N3O/c19-15-8-4-3-7-14(15)13-6-2-1-5-11(13)9-12-10-16-18-17-12/h1-8,10,19H,9H2,(H,16,17,18). The van der Waals surface area contributed by atoms with Gasteiger partial charge in [0.05, 0.1) is 11.9 Å². The Morgan fingerprint density at radius 2 is 1.68 bits per heavy atom. The van der Waals surface area contributed by atoms with Crippen LogP contribution >= 0.6 is 0 Å². The molecule has 4 nitrogen and oxygen atoms in total. The third kappa shape index (κ3) is 2.33. The van der Waals surface area contributed by atoms with E-state index in [1.807, 2.05) is 42.5 Å². The van der Waals surface area contributed by atoms with Gasteiger partial charge in [0.25, 0.3) is 0 Å². The number of phenolic OH excluding ortho intramolecular Hbond substituents is 1.